The summed E-state index contributed by atoms with van der Waals surface area (Å²) in [5, 5.41) is 13.1. The van der Waals surface area contributed by atoms with E-state index in [9.17, 15) is 32.7 Å². The molecule has 170 valence electrons. The second-order valence-corrected chi connectivity index (χ2v) is 9.31. The number of carboxylic acid groups (broad SMARTS) is 1. The Bertz CT molecular complexity index is 909. The number of imide groups is 1. The van der Waals surface area contributed by atoms with Gasteiger partial charge in [0.25, 0.3) is 0 Å². The maximum atomic E-state index is 13.4. The van der Waals surface area contributed by atoms with Gasteiger partial charge in [0.2, 0.25) is 11.8 Å². The molecule has 1 aromatic rings. The van der Waals surface area contributed by atoms with Gasteiger partial charge < -0.3 is 5.11 Å². The van der Waals surface area contributed by atoms with Crippen molar-refractivity contribution in [2.45, 2.75) is 70.3 Å². The van der Waals surface area contributed by atoms with Crippen molar-refractivity contribution >= 4 is 17.8 Å². The minimum Gasteiger partial charge on any atom is -0.480 e. The summed E-state index contributed by atoms with van der Waals surface area (Å²) in [5.74, 6) is -4.71. The third kappa shape index (κ3) is 3.73. The molecule has 2 aliphatic rings. The lowest BCUT2D eigenvalue weighted by Crippen LogP contribution is -2.57. The number of unbranched alkanes of at least 4 members (excludes halogenated alkanes) is 1. The molecule has 0 saturated carbocycles. The molecule has 4 unspecified atom stereocenters. The second-order valence-electron chi connectivity index (χ2n) is 9.31. The largest absolute Gasteiger partial charge is 0.480 e. The minimum absolute atomic E-state index is 0.0897. The van der Waals surface area contributed by atoms with Crippen LogP contribution in [-0.4, -0.2) is 38.9 Å². The fourth-order valence-electron chi connectivity index (χ4n) is 4.85. The zero-order valence-corrected chi connectivity index (χ0v) is 17.9. The fourth-order valence-corrected chi connectivity index (χ4v) is 4.85. The number of benzene rings is 1. The molecule has 0 bridgehead atoms. The van der Waals surface area contributed by atoms with Gasteiger partial charge in [-0.1, -0.05) is 31.9 Å². The van der Waals surface area contributed by atoms with E-state index < -0.39 is 58.5 Å². The van der Waals surface area contributed by atoms with Crippen molar-refractivity contribution in [2.24, 2.45) is 11.8 Å². The molecule has 2 amide bonds. The maximum Gasteiger partial charge on any atom is 0.416 e. The summed E-state index contributed by atoms with van der Waals surface area (Å²) in [7, 11) is 0. The van der Waals surface area contributed by atoms with Crippen LogP contribution in [0.2, 0.25) is 0 Å². The number of amides is 2. The fraction of sp³-hybridized carbons (Fsp3) is 0.591. The molecule has 1 aromatic carbocycles. The monoisotopic (exact) mass is 440 g/mol. The summed E-state index contributed by atoms with van der Waals surface area (Å²) in [6.07, 6.45) is -3.36. The van der Waals surface area contributed by atoms with Crippen molar-refractivity contribution in [2.75, 3.05) is 0 Å². The number of aliphatic carboxylic acids is 1. The van der Waals surface area contributed by atoms with Crippen molar-refractivity contribution < 1.29 is 32.7 Å². The first kappa shape index (κ1) is 23.2. The molecule has 2 N–H and O–H groups in total. The lowest BCUT2D eigenvalue weighted by molar-refractivity contribution is -0.154. The first-order valence-electron chi connectivity index (χ1n) is 10.3. The Kier molecular flexibility index (Phi) is 5.71. The average molecular weight is 440 g/mol. The number of hydrogen-bond donors (Lipinski definition) is 2. The van der Waals surface area contributed by atoms with Gasteiger partial charge >= 0.3 is 12.1 Å². The number of carbonyl (C=O) groups excluding carboxylic acids is 2. The van der Waals surface area contributed by atoms with Crippen LogP contribution in [0.5, 0.6) is 0 Å². The van der Waals surface area contributed by atoms with E-state index in [1.165, 1.54) is 12.1 Å². The van der Waals surface area contributed by atoms with E-state index >= 15 is 0 Å². The Labute approximate surface area is 178 Å². The second kappa shape index (κ2) is 7.62. The van der Waals surface area contributed by atoms with Gasteiger partial charge in [0.05, 0.1) is 17.4 Å². The lowest BCUT2D eigenvalue weighted by Gasteiger charge is -2.35. The minimum atomic E-state index is -4.59. The molecular formula is C22H27F3N2O4. The van der Waals surface area contributed by atoms with Crippen LogP contribution < -0.4 is 5.32 Å². The number of nitrogens with one attached hydrogen (secondary N) is 1. The van der Waals surface area contributed by atoms with Gasteiger partial charge in [-0.15, -0.1) is 0 Å². The number of halogens is 3. The number of rotatable bonds is 5. The van der Waals surface area contributed by atoms with Gasteiger partial charge in [-0.05, 0) is 44.9 Å². The van der Waals surface area contributed by atoms with Crippen molar-refractivity contribution in [1.29, 1.82) is 0 Å². The van der Waals surface area contributed by atoms with Crippen LogP contribution >= 0.6 is 0 Å². The highest BCUT2D eigenvalue weighted by atomic mass is 19.4. The van der Waals surface area contributed by atoms with Gasteiger partial charge in [0.1, 0.15) is 5.54 Å². The number of nitrogens with zero attached hydrogens (tertiary/aromatic N) is 1. The zero-order valence-electron chi connectivity index (χ0n) is 17.9. The highest BCUT2D eigenvalue weighted by molar-refractivity contribution is 6.10. The maximum absolute atomic E-state index is 13.4. The van der Waals surface area contributed by atoms with Crippen LogP contribution in [0.15, 0.2) is 24.3 Å². The van der Waals surface area contributed by atoms with E-state index in [0.717, 1.165) is 17.0 Å². The molecule has 9 heteroatoms. The molecule has 2 aliphatic heterocycles. The SMILES string of the molecule is CCCCC1(C(=O)O)NC(c2cccc(C(F)(F)F)c2)C2C(=O)N(C(C)(C)C)C(=O)C21. The molecule has 6 nitrogen and oxygen atoms in total. The Morgan fingerprint density at radius 1 is 1.19 bits per heavy atom. The zero-order chi connectivity index (χ0) is 23.4. The highest BCUT2D eigenvalue weighted by Gasteiger charge is 2.69. The van der Waals surface area contributed by atoms with Gasteiger partial charge in [0, 0.05) is 11.6 Å². The van der Waals surface area contributed by atoms with Crippen LogP contribution in [0.1, 0.15) is 64.1 Å². The van der Waals surface area contributed by atoms with E-state index in [4.69, 9.17) is 0 Å². The number of carbonyl (C=O) groups is 3. The van der Waals surface area contributed by atoms with E-state index in [2.05, 4.69) is 5.32 Å². The molecule has 2 heterocycles. The number of alkyl halides is 3. The average Bonchev–Trinajstić information content (AvgIpc) is 3.14. The first-order chi connectivity index (χ1) is 14.3. The molecule has 4 atom stereocenters. The summed E-state index contributed by atoms with van der Waals surface area (Å²) in [6, 6.07) is 3.47. The summed E-state index contributed by atoms with van der Waals surface area (Å²) < 4.78 is 39.8. The predicted octanol–water partition coefficient (Wildman–Crippen LogP) is 3.76. The van der Waals surface area contributed by atoms with Gasteiger partial charge in [0.15, 0.2) is 0 Å². The Balaban J connectivity index is 2.17. The van der Waals surface area contributed by atoms with E-state index in [1.54, 1.807) is 20.8 Å². The van der Waals surface area contributed by atoms with Gasteiger partial charge in [-0.25, -0.2) is 0 Å². The predicted molar refractivity (Wildman–Crippen MR) is 106 cm³/mol. The molecule has 2 saturated heterocycles. The van der Waals surface area contributed by atoms with Crippen LogP contribution in [0.4, 0.5) is 13.2 Å². The number of fused-ring (bicyclic) bond motifs is 1. The Hall–Kier alpha value is -2.42. The highest BCUT2D eigenvalue weighted by Crippen LogP contribution is 2.52. The molecule has 2 fully saturated rings. The smallest absolute Gasteiger partial charge is 0.416 e. The number of carboxylic acids is 1. The standard InChI is InChI=1S/C22H27F3N2O4/c1-5-6-10-21(19(30)31)15-14(17(28)27(18(15)29)20(2,3)4)16(26-21)12-8-7-9-13(11-12)22(23,24)25/h7-9,11,14-16,26H,5-6,10H2,1-4H3,(H,30,31). The molecule has 0 aromatic heterocycles. The van der Waals surface area contributed by atoms with Gasteiger partial charge in [-0.2, -0.15) is 13.2 Å². The molecule has 31 heavy (non-hydrogen) atoms. The van der Waals surface area contributed by atoms with Gasteiger partial charge in [-0.3, -0.25) is 24.6 Å². The number of likely N-dealkylation sites (tertiary alicyclic amines) is 1. The lowest BCUT2D eigenvalue weighted by atomic mass is 9.76. The normalized spacial score (nSPS) is 28.9. The van der Waals surface area contributed by atoms with Crippen molar-refractivity contribution in [3.63, 3.8) is 0 Å². The Morgan fingerprint density at radius 3 is 2.35 bits per heavy atom. The van der Waals surface area contributed by atoms with Crippen molar-refractivity contribution in [3.05, 3.63) is 35.4 Å². The first-order valence-corrected chi connectivity index (χ1v) is 10.3. The molecular weight excluding hydrogens is 413 g/mol. The van der Waals surface area contributed by atoms with E-state index in [-0.39, 0.29) is 12.0 Å². The summed E-state index contributed by atoms with van der Waals surface area (Å²) in [6.45, 7) is 6.89. The third-order valence-electron chi connectivity index (χ3n) is 6.20. The number of hydrogen-bond acceptors (Lipinski definition) is 4. The van der Waals surface area contributed by atoms with Crippen LogP contribution in [0.3, 0.4) is 0 Å². The molecule has 0 radical (unpaired) electrons. The van der Waals surface area contributed by atoms with Crippen molar-refractivity contribution in [3.8, 4) is 0 Å². The molecule has 3 rings (SSSR count). The Morgan fingerprint density at radius 2 is 1.84 bits per heavy atom. The van der Waals surface area contributed by atoms with E-state index in [1.807, 2.05) is 6.92 Å². The topological polar surface area (TPSA) is 86.7 Å². The quantitative estimate of drug-likeness (QED) is 0.681. The third-order valence-corrected chi connectivity index (χ3v) is 6.20. The molecule has 0 spiro atoms. The van der Waals surface area contributed by atoms with Crippen LogP contribution in [0, 0.1) is 11.8 Å². The molecule has 0 aliphatic carbocycles. The summed E-state index contributed by atoms with van der Waals surface area (Å²) >= 11 is 0. The van der Waals surface area contributed by atoms with Crippen molar-refractivity contribution in [1.82, 2.24) is 10.2 Å². The summed E-state index contributed by atoms with van der Waals surface area (Å²) in [4.78, 5) is 40.2. The van der Waals surface area contributed by atoms with Crippen LogP contribution in [0.25, 0.3) is 0 Å². The summed E-state index contributed by atoms with van der Waals surface area (Å²) in [5.41, 5.74) is -3.37. The van der Waals surface area contributed by atoms with E-state index in [0.29, 0.717) is 12.8 Å². The van der Waals surface area contributed by atoms with Crippen LogP contribution in [-0.2, 0) is 20.6 Å².